The molecule has 98 valence electrons. The summed E-state index contributed by atoms with van der Waals surface area (Å²) in [5, 5.41) is 3.38. The Hall–Kier alpha value is -0.610. The zero-order chi connectivity index (χ0) is 12.3. The van der Waals surface area contributed by atoms with Crippen molar-refractivity contribution in [3.05, 3.63) is 0 Å². The molecular weight excluding hydrogens is 216 g/mol. The average molecular weight is 240 g/mol. The number of ether oxygens (including phenoxy) is 1. The van der Waals surface area contributed by atoms with Crippen LogP contribution in [0.1, 0.15) is 32.6 Å². The van der Waals surface area contributed by atoms with Crippen LogP contribution in [0.5, 0.6) is 0 Å². The number of amides is 1. The van der Waals surface area contributed by atoms with E-state index in [1.165, 1.54) is 0 Å². The second kappa shape index (κ2) is 5.83. The summed E-state index contributed by atoms with van der Waals surface area (Å²) >= 11 is 0. The third-order valence-electron chi connectivity index (χ3n) is 3.89. The minimum atomic E-state index is 0.164. The standard InChI is InChI=1S/C13H24N2O2/c1-10-5-6-11(8-14-10)13(16)15(2)9-12-4-3-7-17-12/h10-12,14H,3-9H2,1-2H3. The lowest BCUT2D eigenvalue weighted by molar-refractivity contribution is -0.136. The van der Waals surface area contributed by atoms with Crippen molar-refractivity contribution in [1.29, 1.82) is 0 Å². The predicted octanol–water partition coefficient (Wildman–Crippen LogP) is 1.01. The predicted molar refractivity (Wildman–Crippen MR) is 66.8 cm³/mol. The molecule has 0 radical (unpaired) electrons. The molecule has 2 heterocycles. The van der Waals surface area contributed by atoms with E-state index in [9.17, 15) is 4.79 Å². The van der Waals surface area contributed by atoms with Gasteiger partial charge in [0.05, 0.1) is 12.0 Å². The number of hydrogen-bond donors (Lipinski definition) is 1. The summed E-state index contributed by atoms with van der Waals surface area (Å²) in [6, 6.07) is 0.558. The van der Waals surface area contributed by atoms with Crippen LogP contribution in [0.3, 0.4) is 0 Å². The first-order chi connectivity index (χ1) is 8.16. The molecule has 0 aromatic heterocycles. The van der Waals surface area contributed by atoms with Crippen molar-refractivity contribution in [2.24, 2.45) is 5.92 Å². The van der Waals surface area contributed by atoms with Crippen molar-refractivity contribution >= 4 is 5.91 Å². The second-order valence-electron chi connectivity index (χ2n) is 5.44. The van der Waals surface area contributed by atoms with Gasteiger partial charge in [-0.2, -0.15) is 0 Å². The molecule has 17 heavy (non-hydrogen) atoms. The zero-order valence-corrected chi connectivity index (χ0v) is 10.9. The Bertz CT molecular complexity index is 256. The van der Waals surface area contributed by atoms with Gasteiger partial charge >= 0.3 is 0 Å². The van der Waals surface area contributed by atoms with Gasteiger partial charge in [0.15, 0.2) is 0 Å². The fraction of sp³-hybridized carbons (Fsp3) is 0.923. The summed E-state index contributed by atoms with van der Waals surface area (Å²) in [5.74, 6) is 0.442. The smallest absolute Gasteiger partial charge is 0.226 e. The topological polar surface area (TPSA) is 41.6 Å². The lowest BCUT2D eigenvalue weighted by Crippen LogP contribution is -2.46. The second-order valence-corrected chi connectivity index (χ2v) is 5.44. The molecule has 0 aliphatic carbocycles. The van der Waals surface area contributed by atoms with Gasteiger partial charge in [-0.25, -0.2) is 0 Å². The summed E-state index contributed by atoms with van der Waals surface area (Å²) in [4.78, 5) is 14.1. The minimum absolute atomic E-state index is 0.164. The number of carbonyl (C=O) groups is 1. The molecule has 4 heteroatoms. The van der Waals surface area contributed by atoms with Crippen LogP contribution < -0.4 is 5.32 Å². The van der Waals surface area contributed by atoms with Gasteiger partial charge in [0.25, 0.3) is 0 Å². The first-order valence-electron chi connectivity index (χ1n) is 6.77. The Morgan fingerprint density at radius 1 is 1.41 bits per heavy atom. The Kier molecular flexibility index (Phi) is 4.40. The monoisotopic (exact) mass is 240 g/mol. The number of nitrogens with one attached hydrogen (secondary N) is 1. The van der Waals surface area contributed by atoms with E-state index < -0.39 is 0 Å². The van der Waals surface area contributed by atoms with Crippen molar-refractivity contribution in [1.82, 2.24) is 10.2 Å². The van der Waals surface area contributed by atoms with Crippen molar-refractivity contribution in [2.45, 2.75) is 44.8 Å². The van der Waals surface area contributed by atoms with Gasteiger partial charge in [0.1, 0.15) is 0 Å². The maximum Gasteiger partial charge on any atom is 0.226 e. The molecule has 0 saturated carbocycles. The van der Waals surface area contributed by atoms with E-state index >= 15 is 0 Å². The van der Waals surface area contributed by atoms with E-state index in [-0.39, 0.29) is 17.9 Å². The van der Waals surface area contributed by atoms with Crippen molar-refractivity contribution in [3.8, 4) is 0 Å². The molecule has 1 N–H and O–H groups in total. The SMILES string of the molecule is CC1CCC(C(=O)N(C)CC2CCCO2)CN1. The molecule has 0 spiro atoms. The van der Waals surface area contributed by atoms with Crippen LogP contribution >= 0.6 is 0 Å². The summed E-state index contributed by atoms with van der Waals surface area (Å²) in [6.45, 7) is 4.62. The van der Waals surface area contributed by atoms with Crippen LogP contribution in [-0.4, -0.2) is 49.7 Å². The normalized spacial score (nSPS) is 33.6. The van der Waals surface area contributed by atoms with Crippen LogP contribution in [0.4, 0.5) is 0 Å². The first-order valence-corrected chi connectivity index (χ1v) is 6.77. The number of carbonyl (C=O) groups excluding carboxylic acids is 1. The van der Waals surface area contributed by atoms with E-state index in [0.717, 1.165) is 45.4 Å². The minimum Gasteiger partial charge on any atom is -0.376 e. The van der Waals surface area contributed by atoms with Gasteiger partial charge < -0.3 is 15.0 Å². The molecule has 2 saturated heterocycles. The maximum absolute atomic E-state index is 12.2. The van der Waals surface area contributed by atoms with E-state index in [1.54, 1.807) is 0 Å². The highest BCUT2D eigenvalue weighted by Gasteiger charge is 2.28. The number of likely N-dealkylation sites (N-methyl/N-ethyl adjacent to an activating group) is 1. The number of piperidine rings is 1. The highest BCUT2D eigenvalue weighted by molar-refractivity contribution is 5.79. The number of hydrogen-bond acceptors (Lipinski definition) is 3. The van der Waals surface area contributed by atoms with Crippen LogP contribution in [0.25, 0.3) is 0 Å². The van der Waals surface area contributed by atoms with Crippen LogP contribution in [-0.2, 0) is 9.53 Å². The fourth-order valence-electron chi connectivity index (χ4n) is 2.70. The maximum atomic E-state index is 12.2. The highest BCUT2D eigenvalue weighted by atomic mass is 16.5. The zero-order valence-electron chi connectivity index (χ0n) is 10.9. The Morgan fingerprint density at radius 3 is 2.82 bits per heavy atom. The van der Waals surface area contributed by atoms with Gasteiger partial charge in [-0.1, -0.05) is 0 Å². The van der Waals surface area contributed by atoms with Crippen LogP contribution in [0, 0.1) is 5.92 Å². The number of rotatable bonds is 3. The van der Waals surface area contributed by atoms with Crippen LogP contribution in [0.15, 0.2) is 0 Å². The molecule has 2 rings (SSSR count). The number of nitrogens with zero attached hydrogens (tertiary/aromatic N) is 1. The quantitative estimate of drug-likeness (QED) is 0.800. The molecule has 3 atom stereocenters. The van der Waals surface area contributed by atoms with E-state index in [4.69, 9.17) is 4.74 Å². The largest absolute Gasteiger partial charge is 0.376 e. The summed E-state index contributed by atoms with van der Waals surface area (Å²) in [6.07, 6.45) is 4.61. The molecular formula is C13H24N2O2. The third kappa shape index (κ3) is 3.42. The van der Waals surface area contributed by atoms with Crippen LogP contribution in [0.2, 0.25) is 0 Å². The molecule has 0 bridgehead atoms. The fourth-order valence-corrected chi connectivity index (χ4v) is 2.70. The van der Waals surface area contributed by atoms with Crippen molar-refractivity contribution < 1.29 is 9.53 Å². The average Bonchev–Trinajstić information content (AvgIpc) is 2.82. The summed E-state index contributed by atoms with van der Waals surface area (Å²) in [5.41, 5.74) is 0. The lowest BCUT2D eigenvalue weighted by atomic mass is 9.94. The van der Waals surface area contributed by atoms with Gasteiger partial charge in [0.2, 0.25) is 5.91 Å². The Balaban J connectivity index is 1.77. The van der Waals surface area contributed by atoms with E-state index in [1.807, 2.05) is 11.9 Å². The third-order valence-corrected chi connectivity index (χ3v) is 3.89. The molecule has 0 aromatic carbocycles. The van der Waals surface area contributed by atoms with Gasteiger partial charge in [-0.15, -0.1) is 0 Å². The molecule has 3 unspecified atom stereocenters. The highest BCUT2D eigenvalue weighted by Crippen LogP contribution is 2.18. The van der Waals surface area contributed by atoms with Crippen molar-refractivity contribution in [3.63, 3.8) is 0 Å². The molecule has 4 nitrogen and oxygen atoms in total. The molecule has 2 fully saturated rings. The summed E-state index contributed by atoms with van der Waals surface area (Å²) in [7, 11) is 1.90. The lowest BCUT2D eigenvalue weighted by Gasteiger charge is -2.30. The van der Waals surface area contributed by atoms with E-state index in [2.05, 4.69) is 12.2 Å². The molecule has 2 aliphatic rings. The van der Waals surface area contributed by atoms with Crippen molar-refractivity contribution in [2.75, 3.05) is 26.7 Å². The van der Waals surface area contributed by atoms with E-state index in [0.29, 0.717) is 6.04 Å². The molecule has 0 aromatic rings. The van der Waals surface area contributed by atoms with Gasteiger partial charge in [-0.3, -0.25) is 4.79 Å². The first kappa shape index (κ1) is 12.8. The van der Waals surface area contributed by atoms with Gasteiger partial charge in [-0.05, 0) is 32.6 Å². The van der Waals surface area contributed by atoms with Gasteiger partial charge in [0, 0.05) is 32.8 Å². The Morgan fingerprint density at radius 2 is 2.24 bits per heavy atom. The molecule has 2 aliphatic heterocycles. The molecule has 1 amide bonds. The Labute approximate surface area is 104 Å². The summed E-state index contributed by atoms with van der Waals surface area (Å²) < 4.78 is 5.57.